The predicted molar refractivity (Wildman–Crippen MR) is 101 cm³/mol. The van der Waals surface area contributed by atoms with Gasteiger partial charge in [0, 0.05) is 13.1 Å². The second-order valence-electron chi connectivity index (χ2n) is 7.08. The minimum absolute atomic E-state index is 0.103. The van der Waals surface area contributed by atoms with Gasteiger partial charge in [0.15, 0.2) is 0 Å². The van der Waals surface area contributed by atoms with Gasteiger partial charge in [-0.1, -0.05) is 25.1 Å². The number of fused-ring (bicyclic) bond motifs is 1. The summed E-state index contributed by atoms with van der Waals surface area (Å²) in [6, 6.07) is 12.7. The Labute approximate surface area is 158 Å². The molecule has 6 nitrogen and oxygen atoms in total. The van der Waals surface area contributed by atoms with Crippen LogP contribution in [-0.4, -0.2) is 37.6 Å². The van der Waals surface area contributed by atoms with Crippen molar-refractivity contribution in [1.82, 2.24) is 4.31 Å². The molecule has 0 bridgehead atoms. The highest BCUT2D eigenvalue weighted by Crippen LogP contribution is 2.31. The lowest BCUT2D eigenvalue weighted by Gasteiger charge is -2.29. The Balaban J connectivity index is 1.68. The molecule has 2 aliphatic heterocycles. The number of nitrogens with zero attached hydrogens (tertiary/aromatic N) is 2. The number of hydrogen-bond donors (Lipinski definition) is 0. The van der Waals surface area contributed by atoms with Crippen LogP contribution in [0.3, 0.4) is 0 Å². The Kier molecular flexibility index (Phi) is 4.36. The van der Waals surface area contributed by atoms with Crippen molar-refractivity contribution in [1.29, 1.82) is 0 Å². The number of amides is 2. The van der Waals surface area contributed by atoms with E-state index in [1.165, 1.54) is 16.4 Å². The number of carbonyl (C=O) groups is 2. The summed E-state index contributed by atoms with van der Waals surface area (Å²) in [5.74, 6) is -0.352. The highest BCUT2D eigenvalue weighted by molar-refractivity contribution is 7.89. The average Bonchev–Trinajstić information content (AvgIpc) is 2.93. The summed E-state index contributed by atoms with van der Waals surface area (Å²) < 4.78 is 27.4. The predicted octanol–water partition coefficient (Wildman–Crippen LogP) is 2.91. The molecular weight excluding hydrogens is 364 g/mol. The first kappa shape index (κ1) is 17.9. The van der Waals surface area contributed by atoms with Crippen molar-refractivity contribution in [3.63, 3.8) is 0 Å². The third-order valence-corrected chi connectivity index (χ3v) is 7.14. The number of sulfonamides is 1. The number of imide groups is 1. The van der Waals surface area contributed by atoms with Gasteiger partial charge in [-0.25, -0.2) is 13.3 Å². The fourth-order valence-corrected chi connectivity index (χ4v) is 5.09. The van der Waals surface area contributed by atoms with E-state index in [1.807, 2.05) is 0 Å². The quantitative estimate of drug-likeness (QED) is 0.763. The summed E-state index contributed by atoms with van der Waals surface area (Å²) in [5.41, 5.74) is 0.939. The molecule has 0 radical (unpaired) electrons. The fourth-order valence-electron chi connectivity index (χ4n) is 3.58. The summed E-state index contributed by atoms with van der Waals surface area (Å²) in [4.78, 5) is 26.4. The molecule has 140 valence electrons. The van der Waals surface area contributed by atoms with E-state index >= 15 is 0 Å². The van der Waals surface area contributed by atoms with Gasteiger partial charge in [-0.15, -0.1) is 0 Å². The molecule has 27 heavy (non-hydrogen) atoms. The van der Waals surface area contributed by atoms with Crippen LogP contribution in [-0.2, 0) is 10.0 Å². The van der Waals surface area contributed by atoms with Crippen molar-refractivity contribution >= 4 is 27.5 Å². The lowest BCUT2D eigenvalue weighted by molar-refractivity contribution is 0.0926. The van der Waals surface area contributed by atoms with Gasteiger partial charge >= 0.3 is 0 Å². The maximum Gasteiger partial charge on any atom is 0.266 e. The zero-order valence-electron chi connectivity index (χ0n) is 15.0. The Morgan fingerprint density at radius 2 is 1.48 bits per heavy atom. The van der Waals surface area contributed by atoms with E-state index in [4.69, 9.17) is 0 Å². The number of hydrogen-bond acceptors (Lipinski definition) is 4. The lowest BCUT2D eigenvalue weighted by atomic mass is 10.0. The smallest absolute Gasteiger partial charge is 0.266 e. The molecule has 0 aliphatic carbocycles. The monoisotopic (exact) mass is 384 g/mol. The molecular formula is C20H20N2O4S. The Hall–Kier alpha value is -2.51. The molecule has 1 fully saturated rings. The highest BCUT2D eigenvalue weighted by Gasteiger charge is 2.37. The molecule has 1 saturated heterocycles. The third-order valence-electron chi connectivity index (χ3n) is 5.25. The van der Waals surface area contributed by atoms with Crippen LogP contribution < -0.4 is 4.90 Å². The Morgan fingerprint density at radius 3 is 2.07 bits per heavy atom. The van der Waals surface area contributed by atoms with Crippen LogP contribution in [0.15, 0.2) is 53.4 Å². The summed E-state index contributed by atoms with van der Waals surface area (Å²) in [5, 5.41) is 0. The van der Waals surface area contributed by atoms with Gasteiger partial charge < -0.3 is 0 Å². The molecule has 2 aliphatic rings. The van der Waals surface area contributed by atoms with Gasteiger partial charge in [0.25, 0.3) is 11.8 Å². The molecule has 0 aromatic heterocycles. The van der Waals surface area contributed by atoms with Crippen molar-refractivity contribution in [2.45, 2.75) is 24.7 Å². The van der Waals surface area contributed by atoms with Gasteiger partial charge in [0.05, 0.1) is 21.7 Å². The van der Waals surface area contributed by atoms with Crippen LogP contribution >= 0.6 is 0 Å². The third kappa shape index (κ3) is 2.96. The SMILES string of the molecule is CC1CCN(S(=O)(=O)c2cccc(N3C(=O)c4ccccc4C3=O)c2)CC1. The Morgan fingerprint density at radius 1 is 0.889 bits per heavy atom. The lowest BCUT2D eigenvalue weighted by Crippen LogP contribution is -2.38. The van der Waals surface area contributed by atoms with Gasteiger partial charge in [0.2, 0.25) is 10.0 Å². The maximum atomic E-state index is 13.0. The van der Waals surface area contributed by atoms with Gasteiger partial charge in [-0.2, -0.15) is 4.31 Å². The zero-order chi connectivity index (χ0) is 19.2. The molecule has 4 rings (SSSR count). The Bertz CT molecular complexity index is 989. The molecule has 0 unspecified atom stereocenters. The highest BCUT2D eigenvalue weighted by atomic mass is 32.2. The van der Waals surface area contributed by atoms with Crippen LogP contribution in [0.25, 0.3) is 0 Å². The number of anilines is 1. The van der Waals surface area contributed by atoms with E-state index in [0.717, 1.165) is 17.7 Å². The molecule has 0 atom stereocenters. The largest absolute Gasteiger partial charge is 0.268 e. The first-order valence-corrected chi connectivity index (χ1v) is 10.4. The molecule has 2 amide bonds. The van der Waals surface area contributed by atoms with E-state index in [9.17, 15) is 18.0 Å². The van der Waals surface area contributed by atoms with E-state index in [0.29, 0.717) is 30.1 Å². The zero-order valence-corrected chi connectivity index (χ0v) is 15.8. The van der Waals surface area contributed by atoms with Crippen molar-refractivity contribution < 1.29 is 18.0 Å². The minimum atomic E-state index is -3.66. The van der Waals surface area contributed by atoms with Gasteiger partial charge in [0.1, 0.15) is 0 Å². The van der Waals surface area contributed by atoms with E-state index in [-0.39, 0.29) is 10.6 Å². The summed E-state index contributed by atoms with van der Waals surface area (Å²) in [6.45, 7) is 3.09. The molecule has 0 spiro atoms. The molecule has 2 aromatic rings. The van der Waals surface area contributed by atoms with Crippen LogP contribution in [0, 0.1) is 5.92 Å². The molecule has 2 heterocycles. The average molecular weight is 384 g/mol. The van der Waals surface area contributed by atoms with Gasteiger partial charge in [-0.05, 0) is 49.1 Å². The molecule has 2 aromatic carbocycles. The normalized spacial score (nSPS) is 18.8. The van der Waals surface area contributed by atoms with E-state index in [2.05, 4.69) is 6.92 Å². The van der Waals surface area contributed by atoms with Crippen LogP contribution in [0.2, 0.25) is 0 Å². The van der Waals surface area contributed by atoms with Crippen LogP contribution in [0.4, 0.5) is 5.69 Å². The van der Waals surface area contributed by atoms with E-state index < -0.39 is 21.8 Å². The topological polar surface area (TPSA) is 74.8 Å². The molecule has 0 saturated carbocycles. The second-order valence-corrected chi connectivity index (χ2v) is 9.01. The maximum absolute atomic E-state index is 13.0. The van der Waals surface area contributed by atoms with Crippen molar-refractivity contribution in [2.24, 2.45) is 5.92 Å². The summed E-state index contributed by atoms with van der Waals surface area (Å²) >= 11 is 0. The number of piperidine rings is 1. The van der Waals surface area contributed by atoms with Crippen LogP contribution in [0.1, 0.15) is 40.5 Å². The first-order chi connectivity index (χ1) is 12.9. The van der Waals surface area contributed by atoms with Crippen molar-refractivity contribution in [3.05, 3.63) is 59.7 Å². The number of benzene rings is 2. The van der Waals surface area contributed by atoms with Gasteiger partial charge in [-0.3, -0.25) is 9.59 Å². The first-order valence-electron chi connectivity index (χ1n) is 8.97. The van der Waals surface area contributed by atoms with Crippen molar-refractivity contribution in [3.8, 4) is 0 Å². The summed E-state index contributed by atoms with van der Waals surface area (Å²) in [7, 11) is -3.66. The molecule has 0 N–H and O–H groups in total. The van der Waals surface area contributed by atoms with E-state index in [1.54, 1.807) is 36.4 Å². The van der Waals surface area contributed by atoms with Crippen LogP contribution in [0.5, 0.6) is 0 Å². The summed E-state index contributed by atoms with van der Waals surface area (Å²) in [6.07, 6.45) is 1.66. The fraction of sp³-hybridized carbons (Fsp3) is 0.300. The molecule has 7 heteroatoms. The second kappa shape index (κ2) is 6.58. The number of carbonyl (C=O) groups excluding carboxylic acids is 2. The van der Waals surface area contributed by atoms with Crippen molar-refractivity contribution in [2.75, 3.05) is 18.0 Å². The minimum Gasteiger partial charge on any atom is -0.268 e. The number of rotatable bonds is 3. The standard InChI is InChI=1S/C20H20N2O4S/c1-14-9-11-21(12-10-14)27(25,26)16-6-4-5-15(13-16)22-19(23)17-7-2-3-8-18(17)20(22)24/h2-8,13-14H,9-12H2,1H3.